The van der Waals surface area contributed by atoms with Crippen LogP contribution >= 0.6 is 0 Å². The van der Waals surface area contributed by atoms with Crippen LogP contribution in [0.25, 0.3) is 0 Å². The van der Waals surface area contributed by atoms with Crippen molar-refractivity contribution in [1.29, 1.82) is 0 Å². The van der Waals surface area contributed by atoms with E-state index in [1.807, 2.05) is 0 Å². The second-order valence-corrected chi connectivity index (χ2v) is 3.52. The van der Waals surface area contributed by atoms with Crippen molar-refractivity contribution < 1.29 is 44.6 Å². The number of carboxylic acid groups (broad SMARTS) is 1. The van der Waals surface area contributed by atoms with E-state index in [1.165, 1.54) is 6.07 Å². The van der Waals surface area contributed by atoms with Gasteiger partial charge in [0.15, 0.2) is 0 Å². The minimum Gasteiger partial charge on any atom is -0.547 e. The molecule has 1 N–H and O–H groups in total. The van der Waals surface area contributed by atoms with Gasteiger partial charge < -0.3 is 15.0 Å². The molecule has 1 atom stereocenters. The number of aliphatic carboxylic acids is 1. The van der Waals surface area contributed by atoms with E-state index in [0.717, 1.165) is 0 Å². The number of phenols is 1. The summed E-state index contributed by atoms with van der Waals surface area (Å²) in [6.45, 7) is 0. The van der Waals surface area contributed by atoms with E-state index >= 15 is 0 Å². The van der Waals surface area contributed by atoms with Gasteiger partial charge in [0.25, 0.3) is 0 Å². The second-order valence-electron chi connectivity index (χ2n) is 3.52. The third-order valence-electron chi connectivity index (χ3n) is 2.63. The average molecular weight is 227 g/mol. The summed E-state index contributed by atoms with van der Waals surface area (Å²) in [7, 11) is 0. The molecule has 4 nitrogen and oxygen atoms in total. The molecule has 1 aliphatic rings. The van der Waals surface area contributed by atoms with Crippen molar-refractivity contribution in [3.63, 3.8) is 0 Å². The van der Waals surface area contributed by atoms with Crippen LogP contribution in [-0.2, 0) is 10.3 Å². The van der Waals surface area contributed by atoms with Crippen LogP contribution in [-0.4, -0.2) is 17.3 Å². The summed E-state index contributed by atoms with van der Waals surface area (Å²) < 4.78 is 0. The number of benzene rings is 1. The molecule has 1 aromatic rings. The summed E-state index contributed by atoms with van der Waals surface area (Å²) in [5, 5.41) is 20.8. The topological polar surface area (TPSA) is 72.7 Å². The molecule has 0 fully saturated rings. The van der Waals surface area contributed by atoms with Crippen molar-refractivity contribution in [3.05, 3.63) is 29.8 Å². The minimum absolute atomic E-state index is 0. The molecular weight excluding hydrogens is 217 g/mol. The van der Waals surface area contributed by atoms with E-state index in [9.17, 15) is 15.0 Å². The summed E-state index contributed by atoms with van der Waals surface area (Å²) in [6, 6.07) is 6.33. The normalized spacial score (nSPS) is 22.8. The van der Waals surface area contributed by atoms with Gasteiger partial charge in [-0.3, -0.25) is 4.99 Å². The first kappa shape index (κ1) is 13.2. The number of carbonyl (C=O) groups is 1. The van der Waals surface area contributed by atoms with Gasteiger partial charge in [0.05, 0.1) is 5.97 Å². The van der Waals surface area contributed by atoms with Crippen LogP contribution in [0.5, 0.6) is 5.75 Å². The van der Waals surface area contributed by atoms with Crippen LogP contribution in [0, 0.1) is 0 Å². The Labute approximate surface area is 115 Å². The number of phenolic OH excluding ortho intramolecular Hbond substituents is 1. The molecule has 2 rings (SSSR count). The molecule has 0 radical (unpaired) electrons. The van der Waals surface area contributed by atoms with E-state index < -0.39 is 11.5 Å². The van der Waals surface area contributed by atoms with E-state index in [-0.39, 0.29) is 35.3 Å². The van der Waals surface area contributed by atoms with Gasteiger partial charge in [-0.2, -0.15) is 0 Å². The van der Waals surface area contributed by atoms with Crippen molar-refractivity contribution in [2.24, 2.45) is 4.99 Å². The maximum Gasteiger partial charge on any atom is 1.00 e. The monoisotopic (exact) mass is 227 g/mol. The molecule has 1 heterocycles. The zero-order valence-corrected chi connectivity index (χ0v) is 11.0. The van der Waals surface area contributed by atoms with Crippen molar-refractivity contribution in [2.75, 3.05) is 0 Å². The van der Waals surface area contributed by atoms with Crippen molar-refractivity contribution in [2.45, 2.75) is 18.4 Å². The Morgan fingerprint density at radius 2 is 2.12 bits per heavy atom. The minimum atomic E-state index is -1.40. The predicted octanol–water partition coefficient (Wildman–Crippen LogP) is -2.79. The number of carbonyl (C=O) groups excluding carboxylic acids is 1. The Morgan fingerprint density at radius 3 is 2.62 bits per heavy atom. The predicted molar refractivity (Wildman–Crippen MR) is 52.5 cm³/mol. The van der Waals surface area contributed by atoms with Crippen LogP contribution in [0.2, 0.25) is 0 Å². The number of hydrogen-bond donors (Lipinski definition) is 1. The molecule has 1 unspecified atom stereocenters. The SMILES string of the molecule is O=C([O-])C1(c2ccccc2O)CCC=N1.[Na+]. The quantitative estimate of drug-likeness (QED) is 0.555. The van der Waals surface area contributed by atoms with Crippen molar-refractivity contribution in [1.82, 2.24) is 0 Å². The first-order valence-corrected chi connectivity index (χ1v) is 4.70. The van der Waals surface area contributed by atoms with Gasteiger partial charge in [0, 0.05) is 11.8 Å². The van der Waals surface area contributed by atoms with Crippen LogP contribution in [0.3, 0.4) is 0 Å². The average Bonchev–Trinajstić information content (AvgIpc) is 2.68. The summed E-state index contributed by atoms with van der Waals surface area (Å²) in [5.74, 6) is -1.32. The number of aromatic hydroxyl groups is 1. The van der Waals surface area contributed by atoms with E-state index in [0.29, 0.717) is 18.4 Å². The number of nitrogens with zero attached hydrogens (tertiary/aromatic N) is 1. The molecular formula is C11H10NNaO3. The van der Waals surface area contributed by atoms with Crippen LogP contribution in [0.15, 0.2) is 29.3 Å². The van der Waals surface area contributed by atoms with Crippen molar-refractivity contribution in [3.8, 4) is 5.75 Å². The molecule has 0 amide bonds. The molecule has 0 spiro atoms. The van der Waals surface area contributed by atoms with Crippen LogP contribution in [0.4, 0.5) is 0 Å². The van der Waals surface area contributed by atoms with Gasteiger partial charge in [-0.25, -0.2) is 0 Å². The van der Waals surface area contributed by atoms with Crippen LogP contribution in [0.1, 0.15) is 18.4 Å². The van der Waals surface area contributed by atoms with Gasteiger partial charge in [-0.15, -0.1) is 0 Å². The maximum absolute atomic E-state index is 11.1. The molecule has 78 valence electrons. The largest absolute Gasteiger partial charge is 1.00 e. The van der Waals surface area contributed by atoms with Gasteiger partial charge >= 0.3 is 29.6 Å². The number of para-hydroxylation sites is 1. The maximum atomic E-state index is 11.1. The fraction of sp³-hybridized carbons (Fsp3) is 0.273. The van der Waals surface area contributed by atoms with Crippen LogP contribution < -0.4 is 34.7 Å². The summed E-state index contributed by atoms with van der Waals surface area (Å²) in [4.78, 5) is 15.1. The molecule has 0 saturated carbocycles. The molecule has 1 aromatic carbocycles. The second kappa shape index (κ2) is 4.99. The zero-order valence-electron chi connectivity index (χ0n) is 9.01. The molecule has 0 bridgehead atoms. The fourth-order valence-corrected chi connectivity index (χ4v) is 1.85. The Hall–Kier alpha value is -0.840. The first-order valence-electron chi connectivity index (χ1n) is 4.70. The van der Waals surface area contributed by atoms with Gasteiger partial charge in [-0.1, -0.05) is 18.2 Å². The molecule has 0 aliphatic carbocycles. The van der Waals surface area contributed by atoms with Gasteiger partial charge in [0.2, 0.25) is 0 Å². The standard InChI is InChI=1S/C11H11NO3.Na/c13-9-5-2-1-4-8(9)11(10(14)15)6-3-7-12-11;/h1-2,4-5,7,13H,3,6H2,(H,14,15);/q;+1/p-1. The van der Waals surface area contributed by atoms with E-state index in [2.05, 4.69) is 4.99 Å². The molecule has 1 aliphatic heterocycles. The fourth-order valence-electron chi connectivity index (χ4n) is 1.85. The van der Waals surface area contributed by atoms with Gasteiger partial charge in [0.1, 0.15) is 11.3 Å². The summed E-state index contributed by atoms with van der Waals surface area (Å²) >= 11 is 0. The number of aliphatic imine (C=N–C) groups is 1. The Kier molecular flexibility index (Phi) is 4.13. The molecule has 0 saturated heterocycles. The zero-order chi connectivity index (χ0) is 10.9. The van der Waals surface area contributed by atoms with E-state index in [4.69, 9.17) is 0 Å². The number of carboxylic acids is 1. The van der Waals surface area contributed by atoms with Gasteiger partial charge in [-0.05, 0) is 18.9 Å². The first-order chi connectivity index (χ1) is 7.17. The number of hydrogen-bond acceptors (Lipinski definition) is 4. The Bertz CT molecular complexity index is 433. The smallest absolute Gasteiger partial charge is 0.547 e. The third kappa shape index (κ3) is 2.00. The molecule has 5 heteroatoms. The van der Waals surface area contributed by atoms with E-state index in [1.54, 1.807) is 24.4 Å². The molecule has 0 aromatic heterocycles. The van der Waals surface area contributed by atoms with Crippen molar-refractivity contribution >= 4 is 12.2 Å². The summed E-state index contributed by atoms with van der Waals surface area (Å²) in [6.07, 6.45) is 2.48. The summed E-state index contributed by atoms with van der Waals surface area (Å²) in [5.41, 5.74) is -1.09. The Balaban J connectivity index is 0.00000128. The number of rotatable bonds is 2. The molecule has 16 heavy (non-hydrogen) atoms. The Morgan fingerprint density at radius 1 is 1.44 bits per heavy atom. The third-order valence-corrected chi connectivity index (χ3v) is 2.63.